The number of methoxy groups -OCH3 is 2. The summed E-state index contributed by atoms with van der Waals surface area (Å²) in [6, 6.07) is 1.71. The molecule has 2 bridgehead atoms. The second kappa shape index (κ2) is 51.1. The van der Waals surface area contributed by atoms with Gasteiger partial charge in [-0.15, -0.1) is 0 Å². The van der Waals surface area contributed by atoms with E-state index in [-0.39, 0.29) is 81.9 Å². The molecular formula is C85H129N11O23. The SMILES string of the molecule is CO[C@H]1C[C@@H]2CC[C@@H](C)[C@@](O)(O2)C(=O)C(=O)N2CCCC[C@H]2C(=O)O[C@H]([C@H](N)C[C@@H]2CC[C@@H](OC(=O)NCCOCCOCCOCCOCCOCCOCCOCCOCCC(=O)NCCCCn3nc(-c4cnc5[nH]ccc5c4)c4c(N)ncnc43)[C@H](OC)C2)CC(=O)[C@H](C)/C=C(\C)[C@@H](O)[C@@H](O)C(=O)[C@H](C)C[C@H](C)/C=C/C=C/C=C/1C. The highest BCUT2D eigenvalue weighted by atomic mass is 16.6. The Labute approximate surface area is 697 Å². The number of cyclic esters (lactones) is 1. The molecule has 34 nitrogen and oxygen atoms in total. The predicted octanol–water partition coefficient (Wildman–Crippen LogP) is 6.34. The van der Waals surface area contributed by atoms with Gasteiger partial charge in [0.2, 0.25) is 11.7 Å². The number of esters is 1. The number of rotatable bonds is 39. The molecule has 4 aliphatic rings. The number of aromatic amines is 1. The van der Waals surface area contributed by atoms with Gasteiger partial charge in [0.05, 0.1) is 129 Å². The van der Waals surface area contributed by atoms with Gasteiger partial charge in [-0.3, -0.25) is 24.0 Å². The van der Waals surface area contributed by atoms with E-state index in [9.17, 15) is 48.9 Å². The van der Waals surface area contributed by atoms with E-state index in [1.165, 1.54) is 26.4 Å². The number of Topliss-reactive ketones (excluding diaryl/α,β-unsaturated/α-hetero) is 3. The van der Waals surface area contributed by atoms with Gasteiger partial charge >= 0.3 is 12.1 Å². The molecule has 4 aromatic rings. The fourth-order valence-electron chi connectivity index (χ4n) is 15.2. The van der Waals surface area contributed by atoms with E-state index in [2.05, 4.69) is 30.6 Å². The van der Waals surface area contributed by atoms with Crippen LogP contribution in [0.5, 0.6) is 0 Å². The van der Waals surface area contributed by atoms with Gasteiger partial charge in [0.15, 0.2) is 11.4 Å². The first-order valence-electron chi connectivity index (χ1n) is 42.0. The number of nitrogen functional groups attached to an aromatic ring is 1. The number of carbonyl (C=O) groups is 7. The first kappa shape index (κ1) is 96.5. The van der Waals surface area contributed by atoms with Gasteiger partial charge in [0.1, 0.15) is 59.7 Å². The van der Waals surface area contributed by atoms with Crippen LogP contribution in [0.25, 0.3) is 33.3 Å². The summed E-state index contributed by atoms with van der Waals surface area (Å²) >= 11 is 0. The molecule has 10 N–H and O–H groups in total. The molecule has 15 atom stereocenters. The van der Waals surface area contributed by atoms with Crippen molar-refractivity contribution < 1.29 is 110 Å². The number of aliphatic hydroxyl groups is 3. The molecule has 0 spiro atoms. The van der Waals surface area contributed by atoms with Crippen molar-refractivity contribution in [2.75, 3.05) is 145 Å². The van der Waals surface area contributed by atoms with Crippen LogP contribution in [0, 0.1) is 29.6 Å². The summed E-state index contributed by atoms with van der Waals surface area (Å²) in [4.78, 5) is 114. The van der Waals surface area contributed by atoms with E-state index < -0.39 is 120 Å². The summed E-state index contributed by atoms with van der Waals surface area (Å²) in [5.74, 6) is -9.03. The number of fused-ring (bicyclic) bond motifs is 5. The third-order valence-electron chi connectivity index (χ3n) is 22.2. The molecular weight excluding hydrogens is 1540 g/mol. The van der Waals surface area contributed by atoms with Crippen molar-refractivity contribution in [3.63, 3.8) is 0 Å². The second-order valence-corrected chi connectivity index (χ2v) is 31.2. The molecule has 3 aliphatic heterocycles. The number of nitrogens with zero attached hydrogens (tertiary/aromatic N) is 6. The van der Waals surface area contributed by atoms with Gasteiger partial charge in [0.25, 0.3) is 11.7 Å². The second-order valence-electron chi connectivity index (χ2n) is 31.2. The monoisotopic (exact) mass is 1670 g/mol. The number of H-pyrrole nitrogens is 1. The highest BCUT2D eigenvalue weighted by molar-refractivity contribution is 6.39. The zero-order valence-corrected chi connectivity index (χ0v) is 70.5. The van der Waals surface area contributed by atoms with E-state index in [1.807, 2.05) is 67.2 Å². The van der Waals surface area contributed by atoms with Gasteiger partial charge in [-0.1, -0.05) is 64.2 Å². The van der Waals surface area contributed by atoms with E-state index in [0.29, 0.717) is 173 Å². The highest BCUT2D eigenvalue weighted by Gasteiger charge is 2.53. The van der Waals surface area contributed by atoms with E-state index >= 15 is 0 Å². The minimum Gasteiger partial charge on any atom is -0.459 e. The number of ether oxygens (including phenoxy) is 13. The smallest absolute Gasteiger partial charge is 0.407 e. The number of unbranched alkanes of at least 4 members (excludes halogenated alkanes) is 1. The maximum atomic E-state index is 14.6. The molecule has 2 saturated heterocycles. The minimum atomic E-state index is -2.51. The van der Waals surface area contributed by atoms with Crippen molar-refractivity contribution in [1.29, 1.82) is 0 Å². The number of hydrogen-bond donors (Lipinski definition) is 8. The number of pyridine rings is 1. The average Bonchev–Trinajstić information content (AvgIpc) is 1.74. The molecule has 0 aromatic carbocycles. The van der Waals surface area contributed by atoms with Crippen LogP contribution >= 0.6 is 0 Å². The standard InChI is InChI=1S/C85H129N11O23/c1-55-16-10-9-11-17-56(2)69(107-7)51-64-21-19-60(6)85(106,119-64)78(102)82(103)95-28-14-12-18-66(95)83(104)117-70(52-67(97)57(3)47-59(5)76(100)77(101)75(99)58(4)46-55)65(86)48-61-20-22-68(71(49-61)108-8)118-84(105)90-27-31-110-33-35-112-37-39-114-41-43-116-45-44-115-42-40-113-38-36-111-34-32-109-30-24-72(98)88-25-13-15-29-96-81-73(79(87)92-54-93-81)74(94-96)63-50-62-23-26-89-80(62)91-53-63/h9-11,16-17,23,26,47,50,53-55,57-58,60-61,64-66,68-71,76-77,100-101,106H,12-15,18-22,24-25,27-46,48-49,51-52,86H2,1-8H3,(H,88,98)(H,89,91)(H,90,105)(H2,87,92,93)/b11-9+,16-10+,56-17+,59-47+/t55-,57-,58-,60-,61+,64+,65-,66+,68-,69+,70+,71-,76-,77+,85-/m1/s1. The Balaban J connectivity index is 0.650. The van der Waals surface area contributed by atoms with Gasteiger partial charge < -0.3 is 109 Å². The Bertz CT molecular complexity index is 3950. The summed E-state index contributed by atoms with van der Waals surface area (Å²) in [6.45, 7) is 17.2. The van der Waals surface area contributed by atoms with Crippen LogP contribution in [0.15, 0.2) is 78.5 Å². The lowest BCUT2D eigenvalue weighted by atomic mass is 9.80. The van der Waals surface area contributed by atoms with Gasteiger partial charge in [-0.05, 0) is 126 Å². The number of aryl methyl sites for hydroxylation is 1. The Morgan fingerprint density at radius 2 is 1.39 bits per heavy atom. The largest absolute Gasteiger partial charge is 0.459 e. The number of allylic oxidation sites excluding steroid dienone is 6. The number of alkyl carbamates (subject to hydrolysis) is 1. The number of carbonyl (C=O) groups excluding carboxylic acids is 7. The van der Waals surface area contributed by atoms with Gasteiger partial charge in [0, 0.05) is 107 Å². The van der Waals surface area contributed by atoms with Crippen LogP contribution in [-0.2, 0) is 96.9 Å². The maximum absolute atomic E-state index is 14.6. The molecule has 119 heavy (non-hydrogen) atoms. The molecule has 8 rings (SSSR count). The van der Waals surface area contributed by atoms with Crippen molar-refractivity contribution in [3.05, 3.63) is 78.5 Å². The third-order valence-corrected chi connectivity index (χ3v) is 22.2. The molecule has 1 saturated carbocycles. The zero-order chi connectivity index (χ0) is 85.6. The summed E-state index contributed by atoms with van der Waals surface area (Å²) < 4.78 is 76.5. The number of piperidine rings is 1. The topological polar surface area (TPSA) is 452 Å². The summed E-state index contributed by atoms with van der Waals surface area (Å²) in [5.41, 5.74) is 17.2. The lowest BCUT2D eigenvalue weighted by Gasteiger charge is -2.42. The molecule has 34 heteroatoms. The van der Waals surface area contributed by atoms with Crippen LogP contribution in [0.3, 0.4) is 0 Å². The summed E-state index contributed by atoms with van der Waals surface area (Å²) in [7, 11) is 3.06. The molecule has 3 fully saturated rings. The predicted molar refractivity (Wildman–Crippen MR) is 440 cm³/mol. The molecule has 0 radical (unpaired) electrons. The Morgan fingerprint density at radius 1 is 0.723 bits per heavy atom. The maximum Gasteiger partial charge on any atom is 0.407 e. The summed E-state index contributed by atoms with van der Waals surface area (Å²) in [5, 5.41) is 46.7. The number of anilines is 1. The number of hydrogen-bond acceptors (Lipinski definition) is 29. The number of aromatic nitrogens is 6. The summed E-state index contributed by atoms with van der Waals surface area (Å²) in [6.07, 6.45) is 13.6. The van der Waals surface area contributed by atoms with Crippen LogP contribution in [0.4, 0.5) is 10.6 Å². The average molecular weight is 1670 g/mol. The van der Waals surface area contributed by atoms with E-state index in [1.54, 1.807) is 34.1 Å². The van der Waals surface area contributed by atoms with Crippen molar-refractivity contribution in [3.8, 4) is 11.3 Å². The fourth-order valence-corrected chi connectivity index (χ4v) is 15.2. The Kier molecular flexibility index (Phi) is 41.5. The number of ketones is 3. The van der Waals surface area contributed by atoms with Gasteiger partial charge in [-0.2, -0.15) is 5.10 Å². The van der Waals surface area contributed by atoms with Crippen LogP contribution in [0.1, 0.15) is 138 Å². The van der Waals surface area contributed by atoms with Crippen molar-refractivity contribution >= 4 is 69.1 Å². The molecule has 4 aromatic heterocycles. The molecule has 3 amide bonds. The highest BCUT2D eigenvalue weighted by Crippen LogP contribution is 2.38. The van der Waals surface area contributed by atoms with E-state index in [0.717, 1.165) is 39.9 Å². The molecule has 7 heterocycles. The zero-order valence-electron chi connectivity index (χ0n) is 70.5. The number of nitrogens with one attached hydrogen (secondary N) is 3. The number of amides is 3. The van der Waals surface area contributed by atoms with Crippen molar-refractivity contribution in [2.45, 2.75) is 205 Å². The molecule has 662 valence electrons. The Morgan fingerprint density at radius 3 is 2.05 bits per heavy atom. The normalized spacial score (nSPS) is 27.4. The lowest BCUT2D eigenvalue weighted by molar-refractivity contribution is -0.265. The quantitative estimate of drug-likeness (QED) is 0.0105. The van der Waals surface area contributed by atoms with Crippen LogP contribution in [-0.4, -0.2) is 291 Å². The van der Waals surface area contributed by atoms with Crippen molar-refractivity contribution in [1.82, 2.24) is 45.2 Å². The van der Waals surface area contributed by atoms with Crippen molar-refractivity contribution in [2.24, 2.45) is 35.3 Å². The molecule has 0 unspecified atom stereocenters. The third kappa shape index (κ3) is 30.6. The number of aliphatic hydroxyl groups excluding tert-OH is 2. The fraction of sp³-hybridized carbons (Fsp3) is 0.682. The van der Waals surface area contributed by atoms with Crippen LogP contribution in [0.2, 0.25) is 0 Å². The first-order valence-corrected chi connectivity index (χ1v) is 42.0. The Hall–Kier alpha value is -7.91. The van der Waals surface area contributed by atoms with E-state index in [4.69, 9.17) is 78.1 Å². The molecule has 1 aliphatic carbocycles. The van der Waals surface area contributed by atoms with Crippen LogP contribution < -0.4 is 22.1 Å². The number of nitrogens with two attached hydrogens (primary N) is 2. The first-order chi connectivity index (χ1) is 57.4. The lowest BCUT2D eigenvalue weighted by Crippen LogP contribution is -2.61. The van der Waals surface area contributed by atoms with Gasteiger partial charge in [-0.25, -0.2) is 29.2 Å². The minimum absolute atomic E-state index is 0.00129.